The molecule has 0 aromatic carbocycles. The Balaban J connectivity index is 0.857. The van der Waals surface area contributed by atoms with Gasteiger partial charge in [-0.1, -0.05) is 103 Å². The van der Waals surface area contributed by atoms with Crippen LogP contribution in [0, 0.1) is 76.9 Å². The highest BCUT2D eigenvalue weighted by atomic mass is 16.5. The number of hydrogen-bond acceptors (Lipinski definition) is 2. The van der Waals surface area contributed by atoms with Gasteiger partial charge in [-0.3, -0.25) is 4.79 Å². The van der Waals surface area contributed by atoms with E-state index in [9.17, 15) is 4.79 Å². The summed E-state index contributed by atoms with van der Waals surface area (Å²) >= 11 is 0. The highest BCUT2D eigenvalue weighted by Gasteiger charge is 2.52. The minimum atomic E-state index is 0.192. The summed E-state index contributed by atoms with van der Waals surface area (Å²) in [6.07, 6.45) is 38.8. The van der Waals surface area contributed by atoms with Gasteiger partial charge in [0, 0.05) is 0 Å². The van der Waals surface area contributed by atoms with Crippen molar-refractivity contribution in [3.05, 3.63) is 0 Å². The van der Waals surface area contributed by atoms with E-state index in [0.29, 0.717) is 12.5 Å². The first-order valence-corrected chi connectivity index (χ1v) is 21.3. The molecule has 7 aliphatic rings. The summed E-state index contributed by atoms with van der Waals surface area (Å²) in [6, 6.07) is 0. The molecule has 7 rings (SSSR count). The normalized spacial score (nSPS) is 43.9. The fraction of sp³-hybridized carbons (Fsp3) is 0.977. The van der Waals surface area contributed by atoms with Gasteiger partial charge in [0.15, 0.2) is 0 Å². The number of esters is 1. The first-order valence-electron chi connectivity index (χ1n) is 21.3. The summed E-state index contributed by atoms with van der Waals surface area (Å²) in [5.41, 5.74) is 0. The van der Waals surface area contributed by atoms with Crippen LogP contribution in [0.15, 0.2) is 0 Å². The van der Waals surface area contributed by atoms with Gasteiger partial charge in [0.1, 0.15) is 0 Å². The number of unbranched alkanes of at least 4 members (excludes halogenated alkanes) is 9. The topological polar surface area (TPSA) is 26.3 Å². The van der Waals surface area contributed by atoms with Crippen molar-refractivity contribution in [3.63, 3.8) is 0 Å². The summed E-state index contributed by atoms with van der Waals surface area (Å²) in [7, 11) is 0. The van der Waals surface area contributed by atoms with E-state index in [0.717, 1.165) is 77.9 Å². The lowest BCUT2D eigenvalue weighted by atomic mass is 9.48. The van der Waals surface area contributed by atoms with E-state index in [1.807, 2.05) is 0 Å². The van der Waals surface area contributed by atoms with Gasteiger partial charge in [-0.05, 0) is 148 Å². The molecule has 0 aliphatic heterocycles. The zero-order valence-electron chi connectivity index (χ0n) is 29.6. The quantitative estimate of drug-likeness (QED) is 0.160. The lowest BCUT2D eigenvalue weighted by molar-refractivity contribution is -0.156. The molecule has 2 heteroatoms. The van der Waals surface area contributed by atoms with Gasteiger partial charge in [-0.2, -0.15) is 0 Å². The molecule has 0 radical (unpaired) electrons. The fourth-order valence-corrected chi connectivity index (χ4v) is 13.8. The third kappa shape index (κ3) is 7.87. The van der Waals surface area contributed by atoms with Crippen molar-refractivity contribution in [3.8, 4) is 0 Å². The van der Waals surface area contributed by atoms with E-state index in [1.54, 1.807) is 57.8 Å². The predicted octanol–water partition coefficient (Wildman–Crippen LogP) is 12.2. The molecule has 0 aromatic heterocycles. The molecule has 45 heavy (non-hydrogen) atoms. The Kier molecular flexibility index (Phi) is 11.6. The van der Waals surface area contributed by atoms with Gasteiger partial charge in [-0.25, -0.2) is 0 Å². The summed E-state index contributed by atoms with van der Waals surface area (Å²) < 4.78 is 6.02. The SMILES string of the molecule is CCCCCCCCCCCCOC(=O)C1CCCC2CC3CC4CC5CC6CC7CCCCC7CC6CC5CC4CC3CC21. The van der Waals surface area contributed by atoms with E-state index in [1.165, 1.54) is 103 Å². The van der Waals surface area contributed by atoms with Crippen LogP contribution in [0.5, 0.6) is 0 Å². The average Bonchev–Trinajstić information content (AvgIpc) is 3.05. The van der Waals surface area contributed by atoms with E-state index in [2.05, 4.69) is 6.92 Å². The second-order valence-corrected chi connectivity index (χ2v) is 18.6. The van der Waals surface area contributed by atoms with Crippen molar-refractivity contribution < 1.29 is 9.53 Å². The Morgan fingerprint density at radius 3 is 1.36 bits per heavy atom. The maximum absolute atomic E-state index is 13.4. The standard InChI is InChI=1S/C43H72O2/c1-2-3-4-5-6-7-8-9-10-13-19-45-43(44)41-18-14-17-32-22-35-25-38-26-36-23-33-20-30-15-11-12-16-31(30)21-34(33)24-37(36)27-39(38)28-40(35)29-42(32)41/h30-42H,2-29H2,1H3. The van der Waals surface area contributed by atoms with Crippen LogP contribution in [0.2, 0.25) is 0 Å². The molecule has 0 heterocycles. The van der Waals surface area contributed by atoms with Crippen LogP contribution >= 0.6 is 0 Å². The summed E-state index contributed by atoms with van der Waals surface area (Å²) in [4.78, 5) is 13.4. The van der Waals surface area contributed by atoms with Crippen molar-refractivity contribution in [2.24, 2.45) is 76.9 Å². The second kappa shape index (κ2) is 15.8. The molecule has 0 spiro atoms. The summed E-state index contributed by atoms with van der Waals surface area (Å²) in [6.45, 7) is 2.97. The largest absolute Gasteiger partial charge is 0.465 e. The Morgan fingerprint density at radius 1 is 0.444 bits per heavy atom. The molecule has 0 aromatic rings. The number of hydrogen-bond donors (Lipinski definition) is 0. The van der Waals surface area contributed by atoms with E-state index < -0.39 is 0 Å². The predicted molar refractivity (Wildman–Crippen MR) is 187 cm³/mol. The second-order valence-electron chi connectivity index (χ2n) is 18.6. The lowest BCUT2D eigenvalue weighted by Gasteiger charge is -2.57. The summed E-state index contributed by atoms with van der Waals surface area (Å²) in [5.74, 6) is 12.3. The molecular weight excluding hydrogens is 548 g/mol. The molecular formula is C43H72O2. The van der Waals surface area contributed by atoms with E-state index >= 15 is 0 Å². The molecule has 2 nitrogen and oxygen atoms in total. The molecule has 0 bridgehead atoms. The Morgan fingerprint density at radius 2 is 0.844 bits per heavy atom. The maximum atomic E-state index is 13.4. The minimum absolute atomic E-state index is 0.192. The Bertz CT molecular complexity index is 927. The summed E-state index contributed by atoms with van der Waals surface area (Å²) in [5, 5.41) is 0. The fourth-order valence-electron chi connectivity index (χ4n) is 13.8. The van der Waals surface area contributed by atoms with Crippen LogP contribution < -0.4 is 0 Å². The van der Waals surface area contributed by atoms with Crippen LogP contribution in [0.3, 0.4) is 0 Å². The smallest absolute Gasteiger partial charge is 0.309 e. The highest BCUT2D eigenvalue weighted by molar-refractivity contribution is 5.73. The molecule has 0 saturated heterocycles. The van der Waals surface area contributed by atoms with Crippen molar-refractivity contribution in [1.82, 2.24) is 0 Å². The van der Waals surface area contributed by atoms with Crippen LogP contribution in [0.4, 0.5) is 0 Å². The lowest BCUT2D eigenvalue weighted by Crippen LogP contribution is -2.48. The Hall–Kier alpha value is -0.530. The first kappa shape index (κ1) is 33.0. The molecule has 13 unspecified atom stereocenters. The van der Waals surface area contributed by atoms with Crippen molar-refractivity contribution in [2.75, 3.05) is 6.61 Å². The maximum Gasteiger partial charge on any atom is 0.309 e. The molecule has 256 valence electrons. The first-order chi connectivity index (χ1) is 22.2. The van der Waals surface area contributed by atoms with Gasteiger partial charge in [-0.15, -0.1) is 0 Å². The van der Waals surface area contributed by atoms with Crippen LogP contribution in [-0.4, -0.2) is 12.6 Å². The number of carbonyl (C=O) groups is 1. The number of carbonyl (C=O) groups excluding carboxylic acids is 1. The molecule has 0 N–H and O–H groups in total. The van der Waals surface area contributed by atoms with Crippen LogP contribution in [0.1, 0.15) is 180 Å². The zero-order chi connectivity index (χ0) is 30.6. The van der Waals surface area contributed by atoms with Gasteiger partial charge in [0.25, 0.3) is 0 Å². The molecule has 13 atom stereocenters. The number of rotatable bonds is 12. The number of fused-ring (bicyclic) bond motifs is 6. The molecule has 7 saturated carbocycles. The van der Waals surface area contributed by atoms with Gasteiger partial charge in [0.2, 0.25) is 0 Å². The molecule has 7 aliphatic carbocycles. The minimum Gasteiger partial charge on any atom is -0.465 e. The average molecular weight is 621 g/mol. The van der Waals surface area contributed by atoms with Gasteiger partial charge in [0.05, 0.1) is 12.5 Å². The molecule has 0 amide bonds. The van der Waals surface area contributed by atoms with Crippen LogP contribution in [0.25, 0.3) is 0 Å². The monoisotopic (exact) mass is 621 g/mol. The van der Waals surface area contributed by atoms with Gasteiger partial charge >= 0.3 is 5.97 Å². The molecule has 7 fully saturated rings. The van der Waals surface area contributed by atoms with Crippen molar-refractivity contribution in [1.29, 1.82) is 0 Å². The van der Waals surface area contributed by atoms with Crippen molar-refractivity contribution in [2.45, 2.75) is 180 Å². The van der Waals surface area contributed by atoms with Crippen molar-refractivity contribution >= 4 is 5.97 Å². The van der Waals surface area contributed by atoms with Gasteiger partial charge < -0.3 is 4.74 Å². The number of ether oxygens (including phenoxy) is 1. The van der Waals surface area contributed by atoms with E-state index in [4.69, 9.17) is 4.74 Å². The third-order valence-electron chi connectivity index (χ3n) is 16.0. The van der Waals surface area contributed by atoms with E-state index in [-0.39, 0.29) is 11.9 Å². The zero-order valence-corrected chi connectivity index (χ0v) is 29.6. The Labute approximate surface area is 278 Å². The third-order valence-corrected chi connectivity index (χ3v) is 16.0. The van der Waals surface area contributed by atoms with Crippen LogP contribution in [-0.2, 0) is 9.53 Å². The highest BCUT2D eigenvalue weighted by Crippen LogP contribution is 2.61.